The number of aromatic nitrogens is 1. The van der Waals surface area contributed by atoms with Crippen LogP contribution in [0.3, 0.4) is 0 Å². The van der Waals surface area contributed by atoms with E-state index in [1.807, 2.05) is 42.6 Å². The summed E-state index contributed by atoms with van der Waals surface area (Å²) in [5.41, 5.74) is 2.31. The van der Waals surface area contributed by atoms with Crippen LogP contribution in [0.1, 0.15) is 12.6 Å². The highest BCUT2D eigenvalue weighted by molar-refractivity contribution is 9.10. The maximum Gasteiger partial charge on any atom is 0.230 e. The summed E-state index contributed by atoms with van der Waals surface area (Å²) in [5, 5.41) is 6.07. The summed E-state index contributed by atoms with van der Waals surface area (Å²) in [6.07, 6.45) is 0.194. The molecule has 0 saturated heterocycles. The molecule has 0 unspecified atom stereocenters. The lowest BCUT2D eigenvalue weighted by Crippen LogP contribution is -2.14. The summed E-state index contributed by atoms with van der Waals surface area (Å²) in [5.74, 6) is 0.677. The fourth-order valence-corrected chi connectivity index (χ4v) is 3.88. The van der Waals surface area contributed by atoms with Gasteiger partial charge < -0.3 is 10.1 Å². The molecule has 0 aliphatic rings. The van der Waals surface area contributed by atoms with Gasteiger partial charge in [-0.3, -0.25) is 4.79 Å². The zero-order chi connectivity index (χ0) is 18.5. The smallest absolute Gasteiger partial charge is 0.230 e. The number of anilines is 1. The Kier molecular flexibility index (Phi) is 6.29. The number of nitrogens with zero attached hydrogens (tertiary/aromatic N) is 1. The number of amides is 1. The number of thiazole rings is 1. The first kappa shape index (κ1) is 18.9. The second-order valence-corrected chi connectivity index (χ2v) is 7.63. The van der Waals surface area contributed by atoms with Crippen molar-refractivity contribution in [2.24, 2.45) is 0 Å². The van der Waals surface area contributed by atoms with E-state index in [-0.39, 0.29) is 12.3 Å². The zero-order valence-corrected chi connectivity index (χ0v) is 17.1. The van der Waals surface area contributed by atoms with Crippen LogP contribution in [0.15, 0.2) is 52.3 Å². The van der Waals surface area contributed by atoms with Crippen LogP contribution in [0.5, 0.6) is 5.75 Å². The third-order valence-electron chi connectivity index (χ3n) is 3.51. The average Bonchev–Trinajstić information content (AvgIpc) is 3.07. The van der Waals surface area contributed by atoms with Crippen molar-refractivity contribution < 1.29 is 9.53 Å². The normalized spacial score (nSPS) is 10.6. The number of nitrogens with one attached hydrogen (secondary N) is 1. The number of halogens is 2. The van der Waals surface area contributed by atoms with E-state index >= 15 is 0 Å². The molecule has 1 amide bonds. The first-order chi connectivity index (χ1) is 12.5. The zero-order valence-electron chi connectivity index (χ0n) is 14.0. The van der Waals surface area contributed by atoms with Crippen LogP contribution in [-0.4, -0.2) is 17.5 Å². The average molecular weight is 452 g/mol. The van der Waals surface area contributed by atoms with E-state index in [0.717, 1.165) is 26.5 Å². The van der Waals surface area contributed by atoms with Crippen molar-refractivity contribution in [2.75, 3.05) is 11.9 Å². The number of hydrogen-bond donors (Lipinski definition) is 1. The Morgan fingerprint density at radius 1 is 1.27 bits per heavy atom. The number of carbonyl (C=O) groups is 1. The van der Waals surface area contributed by atoms with Gasteiger partial charge in [0.2, 0.25) is 5.91 Å². The highest BCUT2D eigenvalue weighted by Gasteiger charge is 2.11. The monoisotopic (exact) mass is 450 g/mol. The van der Waals surface area contributed by atoms with Crippen LogP contribution < -0.4 is 10.1 Å². The third kappa shape index (κ3) is 4.84. The van der Waals surface area contributed by atoms with Crippen molar-refractivity contribution in [3.63, 3.8) is 0 Å². The Morgan fingerprint density at radius 3 is 2.73 bits per heavy atom. The van der Waals surface area contributed by atoms with Gasteiger partial charge in [-0.1, -0.05) is 27.5 Å². The molecule has 0 radical (unpaired) electrons. The molecule has 7 heteroatoms. The lowest BCUT2D eigenvalue weighted by molar-refractivity contribution is -0.115. The van der Waals surface area contributed by atoms with E-state index in [1.54, 1.807) is 12.1 Å². The van der Waals surface area contributed by atoms with E-state index in [4.69, 9.17) is 16.3 Å². The first-order valence-corrected chi connectivity index (χ1v) is 10.0. The van der Waals surface area contributed by atoms with Gasteiger partial charge in [0.25, 0.3) is 0 Å². The molecule has 0 spiro atoms. The molecule has 0 aliphatic heterocycles. The van der Waals surface area contributed by atoms with Gasteiger partial charge >= 0.3 is 0 Å². The molecule has 0 bridgehead atoms. The summed E-state index contributed by atoms with van der Waals surface area (Å²) in [7, 11) is 0. The van der Waals surface area contributed by atoms with Gasteiger partial charge in [0.15, 0.2) is 0 Å². The molecule has 0 atom stereocenters. The number of rotatable bonds is 6. The molecule has 4 nitrogen and oxygen atoms in total. The van der Waals surface area contributed by atoms with E-state index in [9.17, 15) is 4.79 Å². The van der Waals surface area contributed by atoms with Crippen molar-refractivity contribution in [2.45, 2.75) is 13.3 Å². The quantitative estimate of drug-likeness (QED) is 0.515. The maximum atomic E-state index is 12.2. The molecule has 1 heterocycles. The number of ether oxygens (including phenoxy) is 1. The molecular formula is C19H16BrClN2O2S. The lowest BCUT2D eigenvalue weighted by atomic mass is 10.2. The van der Waals surface area contributed by atoms with Crippen LogP contribution in [0.2, 0.25) is 5.02 Å². The van der Waals surface area contributed by atoms with Gasteiger partial charge in [-0.25, -0.2) is 4.98 Å². The second kappa shape index (κ2) is 8.66. The maximum absolute atomic E-state index is 12.2. The fourth-order valence-electron chi connectivity index (χ4n) is 2.33. The molecule has 0 saturated carbocycles. The molecule has 0 aliphatic carbocycles. The van der Waals surface area contributed by atoms with Gasteiger partial charge in [0, 0.05) is 15.4 Å². The topological polar surface area (TPSA) is 51.2 Å². The molecule has 134 valence electrons. The largest absolute Gasteiger partial charge is 0.494 e. The second-order valence-electron chi connectivity index (χ2n) is 5.45. The molecular weight excluding hydrogens is 436 g/mol. The van der Waals surface area contributed by atoms with Crippen LogP contribution in [-0.2, 0) is 11.2 Å². The van der Waals surface area contributed by atoms with Gasteiger partial charge in [-0.2, -0.15) is 0 Å². The summed E-state index contributed by atoms with van der Waals surface area (Å²) in [4.78, 5) is 16.8. The summed E-state index contributed by atoms with van der Waals surface area (Å²) in [6, 6.07) is 13.1. The van der Waals surface area contributed by atoms with Crippen LogP contribution in [0.4, 0.5) is 5.69 Å². The Labute approximate surface area is 169 Å². The van der Waals surface area contributed by atoms with Crippen molar-refractivity contribution in [1.29, 1.82) is 0 Å². The Bertz CT molecular complexity index is 912. The molecule has 2 aromatic carbocycles. The Morgan fingerprint density at radius 2 is 2.04 bits per heavy atom. The van der Waals surface area contributed by atoms with Gasteiger partial charge in [-0.15, -0.1) is 11.3 Å². The molecule has 0 fully saturated rings. The van der Waals surface area contributed by atoms with Crippen molar-refractivity contribution in [1.82, 2.24) is 4.98 Å². The lowest BCUT2D eigenvalue weighted by Gasteiger charge is -2.06. The molecule has 3 aromatic rings. The van der Waals surface area contributed by atoms with E-state index in [1.165, 1.54) is 11.3 Å². The van der Waals surface area contributed by atoms with Crippen LogP contribution in [0, 0.1) is 0 Å². The predicted molar refractivity (Wildman–Crippen MR) is 110 cm³/mol. The summed E-state index contributed by atoms with van der Waals surface area (Å²) in [6.45, 7) is 2.59. The van der Waals surface area contributed by atoms with Gasteiger partial charge in [0.1, 0.15) is 10.8 Å². The van der Waals surface area contributed by atoms with Gasteiger partial charge in [-0.05, 0) is 49.4 Å². The fraction of sp³-hybridized carbons (Fsp3) is 0.158. The predicted octanol–water partition coefficient (Wildman–Crippen LogP) is 5.81. The minimum Gasteiger partial charge on any atom is -0.494 e. The molecule has 3 rings (SSSR count). The Balaban J connectivity index is 1.65. The number of carbonyl (C=O) groups excluding carboxylic acids is 1. The standard InChI is InChI=1S/C19H16BrClN2O2S/c1-2-25-15-6-3-12(4-7-15)19-22-14(11-26-19)10-18(24)23-17-8-5-13(20)9-16(17)21/h3-9,11H,2,10H2,1H3,(H,23,24). The molecule has 1 N–H and O–H groups in total. The van der Waals surface area contributed by atoms with E-state index < -0.39 is 0 Å². The molecule has 26 heavy (non-hydrogen) atoms. The van der Waals surface area contributed by atoms with Crippen LogP contribution in [0.25, 0.3) is 10.6 Å². The minimum absolute atomic E-state index is 0.155. The minimum atomic E-state index is -0.155. The van der Waals surface area contributed by atoms with E-state index in [2.05, 4.69) is 26.2 Å². The SMILES string of the molecule is CCOc1ccc(-c2nc(CC(=O)Nc3ccc(Br)cc3Cl)cs2)cc1. The third-order valence-corrected chi connectivity index (χ3v) is 5.26. The van der Waals surface area contributed by atoms with Gasteiger partial charge in [0.05, 0.1) is 29.4 Å². The van der Waals surface area contributed by atoms with Crippen LogP contribution >= 0.6 is 38.9 Å². The molecule has 1 aromatic heterocycles. The number of hydrogen-bond acceptors (Lipinski definition) is 4. The summed E-state index contributed by atoms with van der Waals surface area (Å²) < 4.78 is 6.31. The van der Waals surface area contributed by atoms with E-state index in [0.29, 0.717) is 17.3 Å². The van der Waals surface area contributed by atoms with Crippen molar-refractivity contribution in [3.8, 4) is 16.3 Å². The first-order valence-electron chi connectivity index (χ1n) is 7.97. The Hall–Kier alpha value is -1.89. The van der Waals surface area contributed by atoms with Crippen molar-refractivity contribution in [3.05, 3.63) is 63.0 Å². The summed E-state index contributed by atoms with van der Waals surface area (Å²) >= 11 is 11.0. The number of benzene rings is 2. The van der Waals surface area contributed by atoms with Crippen molar-refractivity contribution >= 4 is 50.5 Å². The highest BCUT2D eigenvalue weighted by atomic mass is 79.9. The highest BCUT2D eigenvalue weighted by Crippen LogP contribution is 2.27.